The monoisotopic (exact) mass is 371 g/mol. The van der Waals surface area contributed by atoms with E-state index >= 15 is 0 Å². The van der Waals surface area contributed by atoms with Crippen LogP contribution in [0, 0.1) is 0 Å². The fourth-order valence-corrected chi connectivity index (χ4v) is 3.32. The summed E-state index contributed by atoms with van der Waals surface area (Å²) in [6.45, 7) is 0. The highest BCUT2D eigenvalue weighted by molar-refractivity contribution is 8.00. The van der Waals surface area contributed by atoms with Crippen molar-refractivity contribution >= 4 is 17.8 Å². The summed E-state index contributed by atoms with van der Waals surface area (Å²) >= 11 is 1.37. The molecule has 3 aromatic carbocycles. The van der Waals surface area contributed by atoms with Crippen LogP contribution in [0.15, 0.2) is 107 Å². The smallest absolute Gasteiger partial charge is 0.298 e. The quantitative estimate of drug-likeness (QED) is 0.501. The number of nitrogens with one attached hydrogen (secondary N) is 1. The molecule has 27 heavy (non-hydrogen) atoms. The molecular weight excluding hydrogens is 354 g/mol. The average Bonchev–Trinajstić information content (AvgIpc) is 2.75. The number of aromatic nitrogens is 2. The van der Waals surface area contributed by atoms with Crippen LogP contribution >= 0.6 is 11.9 Å². The molecule has 4 aromatic rings. The first-order valence-electron chi connectivity index (χ1n) is 8.54. The van der Waals surface area contributed by atoms with Gasteiger partial charge in [-0.1, -0.05) is 66.7 Å². The van der Waals surface area contributed by atoms with E-state index in [1.54, 1.807) is 10.8 Å². The molecule has 0 spiro atoms. The van der Waals surface area contributed by atoms with Crippen LogP contribution in [0.5, 0.6) is 0 Å². The Bertz CT molecular complexity index is 1080. The SMILES string of the molecule is O=c1c(NSc2ccccc2)nc(-c2ccccc2)cn1-c1ccccc1. The van der Waals surface area contributed by atoms with Crippen molar-refractivity contribution in [2.24, 2.45) is 0 Å². The topological polar surface area (TPSA) is 46.9 Å². The van der Waals surface area contributed by atoms with Crippen LogP contribution in [0.25, 0.3) is 16.9 Å². The minimum atomic E-state index is -0.190. The first-order valence-corrected chi connectivity index (χ1v) is 9.35. The number of anilines is 1. The normalized spacial score (nSPS) is 10.5. The minimum Gasteiger partial charge on any atom is -0.306 e. The van der Waals surface area contributed by atoms with Gasteiger partial charge in [-0.25, -0.2) is 4.98 Å². The summed E-state index contributed by atoms with van der Waals surface area (Å²) in [6.07, 6.45) is 1.78. The van der Waals surface area contributed by atoms with Crippen molar-refractivity contribution in [2.45, 2.75) is 4.90 Å². The van der Waals surface area contributed by atoms with Crippen LogP contribution in [0.4, 0.5) is 5.82 Å². The number of benzene rings is 3. The highest BCUT2D eigenvalue weighted by atomic mass is 32.2. The molecule has 1 N–H and O–H groups in total. The van der Waals surface area contributed by atoms with Crippen LogP contribution in [-0.4, -0.2) is 9.55 Å². The number of rotatable bonds is 5. The Morgan fingerprint density at radius 2 is 1.37 bits per heavy atom. The van der Waals surface area contributed by atoms with E-state index in [0.29, 0.717) is 5.82 Å². The fraction of sp³-hybridized carbons (Fsp3) is 0. The molecule has 0 atom stereocenters. The van der Waals surface area contributed by atoms with Gasteiger partial charge in [-0.2, -0.15) is 0 Å². The van der Waals surface area contributed by atoms with Crippen LogP contribution < -0.4 is 10.3 Å². The number of hydrogen-bond acceptors (Lipinski definition) is 4. The van der Waals surface area contributed by atoms with Gasteiger partial charge in [0.2, 0.25) is 5.82 Å². The molecular formula is C22H17N3OS. The van der Waals surface area contributed by atoms with E-state index in [1.165, 1.54) is 11.9 Å². The molecule has 132 valence electrons. The molecule has 0 saturated heterocycles. The van der Waals surface area contributed by atoms with Gasteiger partial charge in [-0.05, 0) is 36.2 Å². The average molecular weight is 371 g/mol. The molecule has 0 unspecified atom stereocenters. The molecule has 1 aromatic heterocycles. The van der Waals surface area contributed by atoms with Crippen molar-refractivity contribution in [1.29, 1.82) is 0 Å². The van der Waals surface area contributed by atoms with Crippen molar-refractivity contribution in [3.63, 3.8) is 0 Å². The highest BCUT2D eigenvalue weighted by Crippen LogP contribution is 2.22. The maximum atomic E-state index is 13.0. The van der Waals surface area contributed by atoms with E-state index in [1.807, 2.05) is 91.0 Å². The Balaban J connectivity index is 1.78. The zero-order chi connectivity index (χ0) is 18.5. The maximum Gasteiger partial charge on any atom is 0.298 e. The van der Waals surface area contributed by atoms with E-state index in [9.17, 15) is 4.79 Å². The predicted molar refractivity (Wildman–Crippen MR) is 111 cm³/mol. The molecule has 1 heterocycles. The third-order valence-electron chi connectivity index (χ3n) is 4.02. The van der Waals surface area contributed by atoms with Crippen LogP contribution in [0.2, 0.25) is 0 Å². The first-order chi connectivity index (χ1) is 13.3. The van der Waals surface area contributed by atoms with Crippen molar-refractivity contribution in [2.75, 3.05) is 4.72 Å². The molecule has 0 radical (unpaired) electrons. The number of para-hydroxylation sites is 1. The Labute approximate surface area is 161 Å². The van der Waals surface area contributed by atoms with E-state index in [0.717, 1.165) is 21.8 Å². The second kappa shape index (κ2) is 7.93. The largest absolute Gasteiger partial charge is 0.306 e. The zero-order valence-electron chi connectivity index (χ0n) is 14.4. The lowest BCUT2D eigenvalue weighted by atomic mass is 10.1. The summed E-state index contributed by atoms with van der Waals surface area (Å²) in [5, 5.41) is 0. The third kappa shape index (κ3) is 3.93. The van der Waals surface area contributed by atoms with Crippen LogP contribution in [0.3, 0.4) is 0 Å². The van der Waals surface area contributed by atoms with Crippen molar-refractivity contribution in [1.82, 2.24) is 9.55 Å². The molecule has 0 amide bonds. The molecule has 0 bridgehead atoms. The summed E-state index contributed by atoms with van der Waals surface area (Å²) in [6, 6.07) is 29.2. The molecule has 4 nitrogen and oxygen atoms in total. The van der Waals surface area contributed by atoms with Gasteiger partial charge in [0.1, 0.15) is 0 Å². The fourth-order valence-electron chi connectivity index (χ4n) is 2.68. The molecule has 0 aliphatic rings. The molecule has 0 aliphatic carbocycles. The van der Waals surface area contributed by atoms with Gasteiger partial charge in [0.15, 0.2) is 0 Å². The standard InChI is InChI=1S/C22H17N3OS/c26-22-21(24-27-19-14-8-3-9-15-19)23-20(17-10-4-1-5-11-17)16-25(22)18-12-6-2-7-13-18/h1-16H,(H,23,24). The van der Waals surface area contributed by atoms with Gasteiger partial charge in [-0.15, -0.1) is 0 Å². The van der Waals surface area contributed by atoms with E-state index in [-0.39, 0.29) is 5.56 Å². The Kier molecular flexibility index (Phi) is 5.03. The summed E-state index contributed by atoms with van der Waals surface area (Å²) in [5.74, 6) is 0.300. The highest BCUT2D eigenvalue weighted by Gasteiger charge is 2.11. The van der Waals surface area contributed by atoms with Crippen molar-refractivity contribution in [3.8, 4) is 16.9 Å². The van der Waals surface area contributed by atoms with E-state index < -0.39 is 0 Å². The molecule has 5 heteroatoms. The molecule has 4 rings (SSSR count). The van der Waals surface area contributed by atoms with Crippen molar-refractivity contribution < 1.29 is 0 Å². The lowest BCUT2D eigenvalue weighted by molar-refractivity contribution is 0.968. The van der Waals surface area contributed by atoms with Gasteiger partial charge in [0, 0.05) is 22.3 Å². The van der Waals surface area contributed by atoms with Crippen molar-refractivity contribution in [3.05, 3.63) is 108 Å². The minimum absolute atomic E-state index is 0.190. The molecule has 0 saturated carbocycles. The molecule has 0 aliphatic heterocycles. The van der Waals surface area contributed by atoms with Gasteiger partial charge < -0.3 is 4.72 Å². The van der Waals surface area contributed by atoms with E-state index in [2.05, 4.69) is 9.71 Å². The maximum absolute atomic E-state index is 13.0. The first kappa shape index (κ1) is 17.1. The van der Waals surface area contributed by atoms with E-state index in [4.69, 9.17) is 0 Å². The third-order valence-corrected chi connectivity index (χ3v) is 4.82. The second-order valence-electron chi connectivity index (χ2n) is 5.87. The second-order valence-corrected chi connectivity index (χ2v) is 6.75. The van der Waals surface area contributed by atoms with Gasteiger partial charge in [0.25, 0.3) is 5.56 Å². The Morgan fingerprint density at radius 3 is 2.04 bits per heavy atom. The van der Waals surface area contributed by atoms with Gasteiger partial charge in [0.05, 0.1) is 5.69 Å². The lowest BCUT2D eigenvalue weighted by Gasteiger charge is -2.12. The van der Waals surface area contributed by atoms with Gasteiger partial charge >= 0.3 is 0 Å². The Morgan fingerprint density at radius 1 is 0.778 bits per heavy atom. The Hall–Kier alpha value is -3.31. The summed E-state index contributed by atoms with van der Waals surface area (Å²) < 4.78 is 4.75. The summed E-state index contributed by atoms with van der Waals surface area (Å²) in [7, 11) is 0. The lowest BCUT2D eigenvalue weighted by Crippen LogP contribution is -2.22. The summed E-state index contributed by atoms with van der Waals surface area (Å²) in [4.78, 5) is 18.6. The predicted octanol–water partition coefficient (Wildman–Crippen LogP) is 5.02. The van der Waals surface area contributed by atoms with Crippen LogP contribution in [0.1, 0.15) is 0 Å². The number of hydrogen-bond donors (Lipinski definition) is 1. The summed E-state index contributed by atoms with van der Waals surface area (Å²) in [5.41, 5.74) is 2.30. The van der Waals surface area contributed by atoms with Crippen LogP contribution in [-0.2, 0) is 0 Å². The number of nitrogens with zero attached hydrogens (tertiary/aromatic N) is 2. The molecule has 0 fully saturated rings. The van der Waals surface area contributed by atoms with Gasteiger partial charge in [-0.3, -0.25) is 9.36 Å². The zero-order valence-corrected chi connectivity index (χ0v) is 15.3.